The Balaban J connectivity index is 2.24. The number of hydrogen-bond donors (Lipinski definition) is 1. The molecule has 0 amide bonds. The average molecular weight is 323 g/mol. The lowest BCUT2D eigenvalue weighted by atomic mass is 10.0. The lowest BCUT2D eigenvalue weighted by molar-refractivity contribution is 0.734. The van der Waals surface area contributed by atoms with Gasteiger partial charge in [-0.2, -0.15) is 0 Å². The minimum atomic E-state index is 0.0765. The molecule has 2 aromatic rings. The van der Waals surface area contributed by atoms with E-state index in [4.69, 9.17) is 28.9 Å². The summed E-state index contributed by atoms with van der Waals surface area (Å²) in [5.74, 6) is 0. The zero-order chi connectivity index (χ0) is 15.4. The van der Waals surface area contributed by atoms with E-state index in [-0.39, 0.29) is 6.04 Å². The van der Waals surface area contributed by atoms with Crippen molar-refractivity contribution in [3.63, 3.8) is 0 Å². The van der Waals surface area contributed by atoms with Crippen LogP contribution in [0.5, 0.6) is 0 Å². The van der Waals surface area contributed by atoms with E-state index < -0.39 is 0 Å². The molecular weight excluding hydrogens is 303 g/mol. The topological polar surface area (TPSA) is 29.3 Å². The van der Waals surface area contributed by atoms with E-state index in [0.29, 0.717) is 0 Å². The van der Waals surface area contributed by atoms with E-state index in [0.717, 1.165) is 34.3 Å². The van der Waals surface area contributed by atoms with Gasteiger partial charge >= 0.3 is 0 Å². The molecule has 0 saturated carbocycles. The van der Waals surface area contributed by atoms with Gasteiger partial charge in [0.2, 0.25) is 0 Å². The van der Waals surface area contributed by atoms with Crippen LogP contribution in [0.2, 0.25) is 10.0 Å². The van der Waals surface area contributed by atoms with Crippen molar-refractivity contribution in [1.29, 1.82) is 0 Å². The van der Waals surface area contributed by atoms with Crippen LogP contribution in [0.15, 0.2) is 42.5 Å². The summed E-state index contributed by atoms with van der Waals surface area (Å²) in [6.45, 7) is 2.79. The molecule has 0 aliphatic heterocycles. The molecule has 2 N–H and O–H groups in total. The molecule has 0 heterocycles. The fraction of sp³-hybridized carbons (Fsp3) is 0.294. The van der Waals surface area contributed by atoms with E-state index in [9.17, 15) is 0 Å². The molecule has 2 rings (SSSR count). The van der Waals surface area contributed by atoms with Crippen LogP contribution in [0.3, 0.4) is 0 Å². The second kappa shape index (κ2) is 7.17. The molecule has 1 atom stereocenters. The molecule has 4 heteroatoms. The molecule has 0 saturated heterocycles. The van der Waals surface area contributed by atoms with Crippen molar-refractivity contribution >= 4 is 28.9 Å². The second-order valence-corrected chi connectivity index (χ2v) is 6.25. The monoisotopic (exact) mass is 322 g/mol. The molecule has 0 aliphatic rings. The average Bonchev–Trinajstić information content (AvgIpc) is 2.43. The fourth-order valence-corrected chi connectivity index (χ4v) is 2.75. The molecule has 0 aromatic heterocycles. The molecule has 2 aromatic carbocycles. The van der Waals surface area contributed by atoms with Gasteiger partial charge in [0, 0.05) is 35.4 Å². The highest BCUT2D eigenvalue weighted by atomic mass is 35.5. The van der Waals surface area contributed by atoms with Crippen molar-refractivity contribution in [2.24, 2.45) is 5.73 Å². The van der Waals surface area contributed by atoms with Gasteiger partial charge in [-0.1, -0.05) is 41.4 Å². The van der Waals surface area contributed by atoms with E-state index in [1.807, 2.05) is 43.3 Å². The molecule has 0 radical (unpaired) electrons. The third kappa shape index (κ3) is 4.37. The molecule has 2 nitrogen and oxygen atoms in total. The first-order valence-electron chi connectivity index (χ1n) is 6.96. The van der Waals surface area contributed by atoms with Gasteiger partial charge in [-0.3, -0.25) is 0 Å². The van der Waals surface area contributed by atoms with Gasteiger partial charge in [-0.25, -0.2) is 0 Å². The van der Waals surface area contributed by atoms with Crippen LogP contribution in [0.1, 0.15) is 18.1 Å². The summed E-state index contributed by atoms with van der Waals surface area (Å²) in [6.07, 6.45) is 0.764. The van der Waals surface area contributed by atoms with Crippen molar-refractivity contribution in [3.05, 3.63) is 63.6 Å². The maximum Gasteiger partial charge on any atom is 0.0459 e. The summed E-state index contributed by atoms with van der Waals surface area (Å²) < 4.78 is 0. The first-order valence-corrected chi connectivity index (χ1v) is 7.71. The summed E-state index contributed by atoms with van der Waals surface area (Å²) in [5.41, 5.74) is 9.36. The maximum atomic E-state index is 6.34. The number of benzene rings is 2. The highest BCUT2D eigenvalue weighted by molar-refractivity contribution is 6.31. The fourth-order valence-electron chi connectivity index (χ4n) is 2.38. The van der Waals surface area contributed by atoms with Gasteiger partial charge in [-0.15, -0.1) is 0 Å². The van der Waals surface area contributed by atoms with Gasteiger partial charge < -0.3 is 10.6 Å². The van der Waals surface area contributed by atoms with Crippen molar-refractivity contribution in [2.45, 2.75) is 25.9 Å². The third-order valence-electron chi connectivity index (χ3n) is 3.36. The summed E-state index contributed by atoms with van der Waals surface area (Å²) in [5, 5.41) is 1.52. The lowest BCUT2D eigenvalue weighted by Crippen LogP contribution is -2.22. The van der Waals surface area contributed by atoms with Crippen LogP contribution in [0.25, 0.3) is 0 Å². The third-order valence-corrected chi connectivity index (χ3v) is 3.97. The van der Waals surface area contributed by atoms with Crippen molar-refractivity contribution in [3.8, 4) is 0 Å². The number of rotatable bonds is 5. The van der Waals surface area contributed by atoms with Crippen LogP contribution in [-0.2, 0) is 13.0 Å². The Kier molecular flexibility index (Phi) is 5.51. The minimum absolute atomic E-state index is 0.0765. The molecular formula is C17H20Cl2N2. The Bertz CT molecular complexity index is 594. The number of halogens is 2. The number of nitrogens with zero attached hydrogens (tertiary/aromatic N) is 1. The van der Waals surface area contributed by atoms with Gasteiger partial charge in [0.05, 0.1) is 0 Å². The molecule has 112 valence electrons. The zero-order valence-corrected chi connectivity index (χ0v) is 13.8. The highest BCUT2D eigenvalue weighted by Crippen LogP contribution is 2.29. The Morgan fingerprint density at radius 3 is 2.38 bits per heavy atom. The van der Waals surface area contributed by atoms with E-state index in [1.165, 1.54) is 5.56 Å². The lowest BCUT2D eigenvalue weighted by Gasteiger charge is -2.24. The minimum Gasteiger partial charge on any atom is -0.370 e. The Morgan fingerprint density at radius 1 is 1.10 bits per heavy atom. The van der Waals surface area contributed by atoms with Crippen molar-refractivity contribution in [1.82, 2.24) is 0 Å². The normalized spacial score (nSPS) is 12.2. The van der Waals surface area contributed by atoms with Crippen LogP contribution >= 0.6 is 23.2 Å². The highest BCUT2D eigenvalue weighted by Gasteiger charge is 2.12. The molecule has 1 unspecified atom stereocenters. The predicted molar refractivity (Wildman–Crippen MR) is 92.4 cm³/mol. The number of nitrogens with two attached hydrogens (primary N) is 1. The van der Waals surface area contributed by atoms with Crippen LogP contribution in [0, 0.1) is 0 Å². The molecule has 0 spiro atoms. The summed E-state index contributed by atoms with van der Waals surface area (Å²) in [6, 6.07) is 13.9. The largest absolute Gasteiger partial charge is 0.370 e. The van der Waals surface area contributed by atoms with Crippen molar-refractivity contribution in [2.75, 3.05) is 11.9 Å². The van der Waals surface area contributed by atoms with E-state index in [2.05, 4.69) is 18.0 Å². The van der Waals surface area contributed by atoms with E-state index in [1.54, 1.807) is 0 Å². The quantitative estimate of drug-likeness (QED) is 0.876. The smallest absolute Gasteiger partial charge is 0.0459 e. The van der Waals surface area contributed by atoms with Gasteiger partial charge in [0.1, 0.15) is 0 Å². The number of hydrogen-bond acceptors (Lipinski definition) is 2. The summed E-state index contributed by atoms with van der Waals surface area (Å²) >= 11 is 12.3. The van der Waals surface area contributed by atoms with E-state index >= 15 is 0 Å². The Labute approximate surface area is 136 Å². The first-order chi connectivity index (χ1) is 9.97. The molecule has 0 bridgehead atoms. The van der Waals surface area contributed by atoms with Gasteiger partial charge in [-0.05, 0) is 48.7 Å². The molecule has 0 fully saturated rings. The van der Waals surface area contributed by atoms with Crippen LogP contribution < -0.4 is 10.6 Å². The zero-order valence-electron chi connectivity index (χ0n) is 12.3. The number of anilines is 1. The van der Waals surface area contributed by atoms with Crippen molar-refractivity contribution < 1.29 is 0 Å². The Hall–Kier alpha value is -1.22. The van der Waals surface area contributed by atoms with Crippen LogP contribution in [-0.4, -0.2) is 13.1 Å². The SMILES string of the molecule is CC(N)Cc1c(Cl)cccc1N(C)Cc1ccc(Cl)cc1. The molecule has 21 heavy (non-hydrogen) atoms. The maximum absolute atomic E-state index is 6.34. The summed E-state index contributed by atoms with van der Waals surface area (Å²) in [7, 11) is 2.06. The first kappa shape index (κ1) is 16.2. The molecule has 0 aliphatic carbocycles. The Morgan fingerprint density at radius 2 is 1.76 bits per heavy atom. The predicted octanol–water partition coefficient (Wildman–Crippen LogP) is 4.52. The van der Waals surface area contributed by atoms with Gasteiger partial charge in [0.15, 0.2) is 0 Å². The summed E-state index contributed by atoms with van der Waals surface area (Å²) in [4.78, 5) is 2.19. The second-order valence-electron chi connectivity index (χ2n) is 5.40. The van der Waals surface area contributed by atoms with Gasteiger partial charge in [0.25, 0.3) is 0 Å². The van der Waals surface area contributed by atoms with Crippen LogP contribution in [0.4, 0.5) is 5.69 Å². The standard InChI is InChI=1S/C17H20Cl2N2/c1-12(20)10-15-16(19)4-3-5-17(15)21(2)11-13-6-8-14(18)9-7-13/h3-9,12H,10-11,20H2,1-2H3.